The van der Waals surface area contributed by atoms with Crippen molar-refractivity contribution in [1.82, 2.24) is 10.2 Å². The molecule has 1 atom stereocenters. The number of amides is 1. The molecule has 1 fully saturated rings. The van der Waals surface area contributed by atoms with Crippen molar-refractivity contribution in [2.45, 2.75) is 18.9 Å². The van der Waals surface area contributed by atoms with Crippen molar-refractivity contribution in [2.24, 2.45) is 0 Å². The maximum Gasteiger partial charge on any atom is 0.254 e. The molecule has 0 aromatic carbocycles. The maximum absolute atomic E-state index is 12.3. The van der Waals surface area contributed by atoms with E-state index >= 15 is 0 Å². The lowest BCUT2D eigenvalue weighted by Gasteiger charge is -2.24. The molecule has 1 aromatic heterocycles. The van der Waals surface area contributed by atoms with E-state index < -0.39 is 0 Å². The summed E-state index contributed by atoms with van der Waals surface area (Å²) in [7, 11) is 0. The first-order valence-electron chi connectivity index (χ1n) is 6.08. The van der Waals surface area contributed by atoms with Crippen molar-refractivity contribution in [3.8, 4) is 0 Å². The average molecular weight is 380 g/mol. The second-order valence-corrected chi connectivity index (χ2v) is 7.21. The first kappa shape index (κ1) is 14.2. The molecule has 1 saturated heterocycles. The fraction of sp³-hybridized carbons (Fsp3) is 0.583. The number of hydrogen-bond donors (Lipinski definition) is 2. The van der Waals surface area contributed by atoms with E-state index in [0.29, 0.717) is 19.1 Å². The van der Waals surface area contributed by atoms with Crippen LogP contribution in [0.25, 0.3) is 0 Å². The van der Waals surface area contributed by atoms with Gasteiger partial charge in [-0.2, -0.15) is 0 Å². The zero-order valence-electron chi connectivity index (χ0n) is 10.1. The van der Waals surface area contributed by atoms with Crippen LogP contribution >= 0.6 is 33.9 Å². The van der Waals surface area contributed by atoms with Crippen LogP contribution in [-0.4, -0.2) is 48.2 Å². The largest absolute Gasteiger partial charge is 0.395 e. The number of carbonyl (C=O) groups excluding carboxylic acids is 1. The summed E-state index contributed by atoms with van der Waals surface area (Å²) in [5, 5.41) is 14.4. The standard InChI is InChI=1S/C12H17IN2O2S/c13-11-6-9(8-18-11)12(17)15(4-5-16)7-10-2-1-3-14-10/h6,8,10,14,16H,1-5,7H2. The highest BCUT2D eigenvalue weighted by molar-refractivity contribution is 14.1. The molecule has 2 N–H and O–H groups in total. The van der Waals surface area contributed by atoms with Gasteiger partial charge in [0.2, 0.25) is 0 Å². The fourth-order valence-corrected chi connectivity index (χ4v) is 3.50. The van der Waals surface area contributed by atoms with Gasteiger partial charge >= 0.3 is 0 Å². The molecule has 100 valence electrons. The summed E-state index contributed by atoms with van der Waals surface area (Å²) in [5.41, 5.74) is 0.732. The molecule has 0 spiro atoms. The summed E-state index contributed by atoms with van der Waals surface area (Å²) in [6, 6.07) is 2.28. The Morgan fingerprint density at radius 2 is 2.50 bits per heavy atom. The van der Waals surface area contributed by atoms with Crippen molar-refractivity contribution in [2.75, 3.05) is 26.2 Å². The lowest BCUT2D eigenvalue weighted by atomic mass is 10.2. The molecule has 2 rings (SSSR count). The molecular weight excluding hydrogens is 363 g/mol. The van der Waals surface area contributed by atoms with Crippen LogP contribution in [0.2, 0.25) is 0 Å². The summed E-state index contributed by atoms with van der Waals surface area (Å²) in [6.45, 7) is 2.14. The Bertz CT molecular complexity index is 405. The van der Waals surface area contributed by atoms with Gasteiger partial charge in [0.15, 0.2) is 0 Å². The van der Waals surface area contributed by atoms with E-state index in [4.69, 9.17) is 5.11 Å². The van der Waals surface area contributed by atoms with E-state index in [0.717, 1.165) is 21.4 Å². The normalized spacial score (nSPS) is 19.1. The summed E-state index contributed by atoms with van der Waals surface area (Å²) < 4.78 is 1.11. The van der Waals surface area contributed by atoms with Crippen LogP contribution in [-0.2, 0) is 0 Å². The zero-order valence-corrected chi connectivity index (χ0v) is 13.0. The topological polar surface area (TPSA) is 52.6 Å². The predicted octanol–water partition coefficient (Wildman–Crippen LogP) is 1.54. The van der Waals surface area contributed by atoms with Crippen LogP contribution in [0.1, 0.15) is 23.2 Å². The smallest absolute Gasteiger partial charge is 0.254 e. The number of carbonyl (C=O) groups is 1. The summed E-state index contributed by atoms with van der Waals surface area (Å²) in [4.78, 5) is 14.1. The zero-order chi connectivity index (χ0) is 13.0. The third-order valence-corrected chi connectivity index (χ3v) is 4.86. The minimum absolute atomic E-state index is 0.0136. The second kappa shape index (κ2) is 6.83. The van der Waals surface area contributed by atoms with Crippen LogP contribution in [0.15, 0.2) is 11.4 Å². The van der Waals surface area contributed by atoms with Crippen molar-refractivity contribution in [1.29, 1.82) is 0 Å². The quantitative estimate of drug-likeness (QED) is 0.763. The molecule has 1 aliphatic heterocycles. The van der Waals surface area contributed by atoms with Crippen LogP contribution in [0, 0.1) is 2.88 Å². The van der Waals surface area contributed by atoms with Crippen molar-refractivity contribution < 1.29 is 9.90 Å². The molecule has 4 nitrogen and oxygen atoms in total. The van der Waals surface area contributed by atoms with Gasteiger partial charge < -0.3 is 15.3 Å². The first-order valence-corrected chi connectivity index (χ1v) is 8.04. The van der Waals surface area contributed by atoms with Crippen molar-refractivity contribution in [3.05, 3.63) is 19.9 Å². The van der Waals surface area contributed by atoms with Crippen LogP contribution in [0.5, 0.6) is 0 Å². The van der Waals surface area contributed by atoms with E-state index in [9.17, 15) is 4.79 Å². The second-order valence-electron chi connectivity index (χ2n) is 4.41. The van der Waals surface area contributed by atoms with Gasteiger partial charge in [-0.05, 0) is 48.0 Å². The molecule has 0 aliphatic carbocycles. The molecule has 6 heteroatoms. The minimum atomic E-state index is 0.0136. The molecule has 1 amide bonds. The van der Waals surface area contributed by atoms with Crippen molar-refractivity contribution >= 4 is 39.8 Å². The third-order valence-electron chi connectivity index (χ3n) is 3.07. The average Bonchev–Trinajstić information content (AvgIpc) is 2.99. The number of aliphatic hydroxyl groups excluding tert-OH is 1. The Morgan fingerprint density at radius 1 is 1.67 bits per heavy atom. The maximum atomic E-state index is 12.3. The Morgan fingerprint density at radius 3 is 3.06 bits per heavy atom. The van der Waals surface area contributed by atoms with Gasteiger partial charge in [0.1, 0.15) is 0 Å². The van der Waals surface area contributed by atoms with E-state index in [1.807, 2.05) is 11.4 Å². The number of nitrogens with zero attached hydrogens (tertiary/aromatic N) is 1. The lowest BCUT2D eigenvalue weighted by Crippen LogP contribution is -2.42. The minimum Gasteiger partial charge on any atom is -0.395 e. The molecule has 1 unspecified atom stereocenters. The Hall–Kier alpha value is -0.180. The van der Waals surface area contributed by atoms with Crippen molar-refractivity contribution in [3.63, 3.8) is 0 Å². The number of nitrogens with one attached hydrogen (secondary N) is 1. The molecule has 0 bridgehead atoms. The molecule has 2 heterocycles. The number of thiophene rings is 1. The monoisotopic (exact) mass is 380 g/mol. The highest BCUT2D eigenvalue weighted by atomic mass is 127. The van der Waals surface area contributed by atoms with E-state index in [2.05, 4.69) is 27.9 Å². The van der Waals surface area contributed by atoms with E-state index in [-0.39, 0.29) is 12.5 Å². The number of halogens is 1. The summed E-state index contributed by atoms with van der Waals surface area (Å²) >= 11 is 3.79. The fourth-order valence-electron chi connectivity index (χ4n) is 2.18. The van der Waals surface area contributed by atoms with E-state index in [1.54, 1.807) is 16.2 Å². The molecule has 0 saturated carbocycles. The lowest BCUT2D eigenvalue weighted by molar-refractivity contribution is 0.0707. The SMILES string of the molecule is O=C(c1csc(I)c1)N(CCO)CC1CCCN1. The van der Waals surface area contributed by atoms with Gasteiger partial charge in [-0.15, -0.1) is 11.3 Å². The van der Waals surface area contributed by atoms with Gasteiger partial charge in [0.05, 0.1) is 15.1 Å². The molecular formula is C12H17IN2O2S. The number of aliphatic hydroxyl groups is 1. The summed E-state index contributed by atoms with van der Waals surface area (Å²) in [5.74, 6) is 0.0249. The highest BCUT2D eigenvalue weighted by Gasteiger charge is 2.22. The first-order chi connectivity index (χ1) is 8.70. The van der Waals surface area contributed by atoms with Crippen LogP contribution in [0.3, 0.4) is 0 Å². The van der Waals surface area contributed by atoms with E-state index in [1.165, 1.54) is 6.42 Å². The number of hydrogen-bond acceptors (Lipinski definition) is 4. The Kier molecular flexibility index (Phi) is 5.40. The van der Waals surface area contributed by atoms with Gasteiger partial charge in [0.25, 0.3) is 5.91 Å². The molecule has 1 aromatic rings. The molecule has 0 radical (unpaired) electrons. The van der Waals surface area contributed by atoms with Gasteiger partial charge in [-0.1, -0.05) is 0 Å². The summed E-state index contributed by atoms with van der Waals surface area (Å²) in [6.07, 6.45) is 2.28. The third kappa shape index (κ3) is 3.66. The highest BCUT2D eigenvalue weighted by Crippen LogP contribution is 2.18. The number of rotatable bonds is 5. The molecule has 18 heavy (non-hydrogen) atoms. The van der Waals surface area contributed by atoms with Crippen LogP contribution in [0.4, 0.5) is 0 Å². The Labute approximate surface area is 125 Å². The Balaban J connectivity index is 2.01. The molecule has 1 aliphatic rings. The van der Waals surface area contributed by atoms with Gasteiger partial charge in [-0.25, -0.2) is 0 Å². The predicted molar refractivity (Wildman–Crippen MR) is 81.1 cm³/mol. The van der Waals surface area contributed by atoms with Crippen LogP contribution < -0.4 is 5.32 Å². The van der Waals surface area contributed by atoms with Gasteiger partial charge in [-0.3, -0.25) is 4.79 Å². The van der Waals surface area contributed by atoms with Gasteiger partial charge in [0, 0.05) is 24.5 Å².